The summed E-state index contributed by atoms with van der Waals surface area (Å²) in [6.07, 6.45) is 0.998. The summed E-state index contributed by atoms with van der Waals surface area (Å²) < 4.78 is 27.4. The second-order valence-corrected chi connectivity index (χ2v) is 9.95. The first-order valence-electron chi connectivity index (χ1n) is 8.28. The van der Waals surface area contributed by atoms with Gasteiger partial charge in [0.2, 0.25) is 5.91 Å². The lowest BCUT2D eigenvalue weighted by atomic mass is 9.86. The number of carbonyl (C=O) groups excluding carboxylic acids is 1. The molecule has 1 spiro atoms. The number of hydrogen-bond acceptors (Lipinski definition) is 5. The number of thiophene rings is 1. The van der Waals surface area contributed by atoms with Gasteiger partial charge in [-0.1, -0.05) is 12.1 Å². The molecule has 0 radical (unpaired) electrons. The van der Waals surface area contributed by atoms with Gasteiger partial charge in [0.05, 0.1) is 11.6 Å². The van der Waals surface area contributed by atoms with Crippen LogP contribution in [-0.4, -0.2) is 38.3 Å². The zero-order valence-corrected chi connectivity index (χ0v) is 15.6. The Morgan fingerprint density at radius 3 is 2.77 bits per heavy atom. The normalized spacial score (nSPS) is 23.7. The number of nitrogens with zero attached hydrogens (tertiary/aromatic N) is 3. The third-order valence-electron chi connectivity index (χ3n) is 5.10. The van der Waals surface area contributed by atoms with Gasteiger partial charge in [0.25, 0.3) is 10.0 Å². The highest BCUT2D eigenvalue weighted by Crippen LogP contribution is 2.43. The van der Waals surface area contributed by atoms with E-state index >= 15 is 0 Å². The zero-order chi connectivity index (χ0) is 18.4. The molecule has 0 N–H and O–H groups in total. The van der Waals surface area contributed by atoms with E-state index in [4.69, 9.17) is 5.26 Å². The number of amides is 1. The summed E-state index contributed by atoms with van der Waals surface area (Å²) in [5.74, 6) is -0.0181. The monoisotopic (exact) mass is 387 g/mol. The van der Waals surface area contributed by atoms with Gasteiger partial charge >= 0.3 is 0 Å². The van der Waals surface area contributed by atoms with E-state index in [1.165, 1.54) is 15.6 Å². The van der Waals surface area contributed by atoms with Gasteiger partial charge < -0.3 is 4.90 Å². The van der Waals surface area contributed by atoms with Crippen molar-refractivity contribution in [2.75, 3.05) is 24.5 Å². The van der Waals surface area contributed by atoms with Gasteiger partial charge in [-0.25, -0.2) is 8.42 Å². The van der Waals surface area contributed by atoms with E-state index in [2.05, 4.69) is 6.07 Å². The van der Waals surface area contributed by atoms with Crippen molar-refractivity contribution in [3.05, 3.63) is 47.3 Å². The van der Waals surface area contributed by atoms with Gasteiger partial charge in [-0.3, -0.25) is 4.79 Å². The molecule has 1 atom stereocenters. The first-order chi connectivity index (χ1) is 12.4. The molecule has 1 aromatic heterocycles. The maximum atomic E-state index is 12.8. The minimum absolute atomic E-state index is 0.0181. The molecule has 2 aliphatic heterocycles. The predicted octanol–water partition coefficient (Wildman–Crippen LogP) is 2.44. The smallest absolute Gasteiger partial charge is 0.252 e. The average Bonchev–Trinajstić information content (AvgIpc) is 3.36. The first kappa shape index (κ1) is 17.2. The molecule has 1 unspecified atom stereocenters. The van der Waals surface area contributed by atoms with Crippen LogP contribution in [-0.2, 0) is 14.8 Å². The van der Waals surface area contributed by atoms with Crippen LogP contribution in [0.1, 0.15) is 18.4 Å². The molecule has 2 aliphatic rings. The SMILES string of the molecule is N#Cc1cccc(N2CC3(CCN(S(=O)(=O)c4cccs4)C3)CC2=O)c1. The third kappa shape index (κ3) is 2.82. The molecule has 6 nitrogen and oxygen atoms in total. The maximum absolute atomic E-state index is 12.8. The van der Waals surface area contributed by atoms with Gasteiger partial charge in [0, 0.05) is 37.2 Å². The summed E-state index contributed by atoms with van der Waals surface area (Å²) in [6.45, 7) is 1.27. The van der Waals surface area contributed by atoms with Crippen LogP contribution in [0.15, 0.2) is 46.0 Å². The summed E-state index contributed by atoms with van der Waals surface area (Å²) in [7, 11) is -3.49. The van der Waals surface area contributed by atoms with Crippen molar-refractivity contribution < 1.29 is 13.2 Å². The molecule has 3 heterocycles. The van der Waals surface area contributed by atoms with Crippen molar-refractivity contribution in [2.45, 2.75) is 17.1 Å². The van der Waals surface area contributed by atoms with Crippen LogP contribution in [0.2, 0.25) is 0 Å². The van der Waals surface area contributed by atoms with E-state index in [-0.39, 0.29) is 11.3 Å². The zero-order valence-electron chi connectivity index (χ0n) is 14.0. The third-order valence-corrected chi connectivity index (χ3v) is 8.32. The van der Waals surface area contributed by atoms with Gasteiger partial charge in [-0.15, -0.1) is 11.3 Å². The largest absolute Gasteiger partial charge is 0.312 e. The molecule has 0 aliphatic carbocycles. The predicted molar refractivity (Wildman–Crippen MR) is 98.3 cm³/mol. The number of rotatable bonds is 3. The van der Waals surface area contributed by atoms with Crippen LogP contribution >= 0.6 is 11.3 Å². The molecular formula is C18H17N3O3S2. The summed E-state index contributed by atoms with van der Waals surface area (Å²) >= 11 is 1.21. The lowest BCUT2D eigenvalue weighted by molar-refractivity contribution is -0.117. The first-order valence-corrected chi connectivity index (χ1v) is 10.6. The molecule has 1 amide bonds. The number of anilines is 1. The molecule has 2 saturated heterocycles. The van der Waals surface area contributed by atoms with Crippen molar-refractivity contribution in [1.82, 2.24) is 4.31 Å². The number of carbonyl (C=O) groups is 1. The second-order valence-electron chi connectivity index (χ2n) is 6.84. The van der Waals surface area contributed by atoms with Crippen LogP contribution in [0.4, 0.5) is 5.69 Å². The van der Waals surface area contributed by atoms with Crippen molar-refractivity contribution in [3.63, 3.8) is 0 Å². The molecule has 134 valence electrons. The average molecular weight is 387 g/mol. The van der Waals surface area contributed by atoms with E-state index in [0.717, 1.165) is 0 Å². The van der Waals surface area contributed by atoms with Crippen LogP contribution in [0.3, 0.4) is 0 Å². The van der Waals surface area contributed by atoms with Crippen LogP contribution in [0.25, 0.3) is 0 Å². The van der Waals surface area contributed by atoms with E-state index in [1.807, 2.05) is 6.07 Å². The molecule has 0 bridgehead atoms. The Kier molecular flexibility index (Phi) is 4.10. The summed E-state index contributed by atoms with van der Waals surface area (Å²) in [5, 5.41) is 10.8. The van der Waals surface area contributed by atoms with Crippen LogP contribution in [0, 0.1) is 16.7 Å². The fourth-order valence-electron chi connectivity index (χ4n) is 3.78. The highest BCUT2D eigenvalue weighted by molar-refractivity contribution is 7.91. The minimum atomic E-state index is -3.49. The highest BCUT2D eigenvalue weighted by atomic mass is 32.2. The number of hydrogen-bond donors (Lipinski definition) is 0. The Balaban J connectivity index is 1.56. The van der Waals surface area contributed by atoms with E-state index < -0.39 is 10.0 Å². The molecule has 1 aromatic carbocycles. The van der Waals surface area contributed by atoms with Crippen molar-refractivity contribution >= 4 is 33.0 Å². The Bertz CT molecular complexity index is 995. The van der Waals surface area contributed by atoms with Crippen molar-refractivity contribution in [2.24, 2.45) is 5.41 Å². The Morgan fingerprint density at radius 2 is 2.04 bits per heavy atom. The fraction of sp³-hybridized carbons (Fsp3) is 0.333. The molecule has 2 aromatic rings. The van der Waals surface area contributed by atoms with Gasteiger partial charge in [-0.2, -0.15) is 9.57 Å². The maximum Gasteiger partial charge on any atom is 0.252 e. The molecule has 2 fully saturated rings. The quantitative estimate of drug-likeness (QED) is 0.810. The van der Waals surface area contributed by atoms with E-state index in [1.54, 1.807) is 40.6 Å². The summed E-state index contributed by atoms with van der Waals surface area (Å²) in [5.41, 5.74) is 0.847. The van der Waals surface area contributed by atoms with Gasteiger partial charge in [0.15, 0.2) is 0 Å². The molecule has 8 heteroatoms. The van der Waals surface area contributed by atoms with Crippen LogP contribution < -0.4 is 4.90 Å². The number of sulfonamides is 1. The van der Waals surface area contributed by atoms with Crippen molar-refractivity contribution in [3.8, 4) is 6.07 Å². The Morgan fingerprint density at radius 1 is 1.19 bits per heavy atom. The topological polar surface area (TPSA) is 81.5 Å². The van der Waals surface area contributed by atoms with Gasteiger partial charge in [-0.05, 0) is 36.1 Å². The minimum Gasteiger partial charge on any atom is -0.312 e. The van der Waals surface area contributed by atoms with Crippen molar-refractivity contribution in [1.29, 1.82) is 5.26 Å². The van der Waals surface area contributed by atoms with E-state index in [0.29, 0.717) is 47.9 Å². The highest BCUT2D eigenvalue weighted by Gasteiger charge is 2.50. The lowest BCUT2D eigenvalue weighted by Gasteiger charge is -2.24. The molecule has 4 rings (SSSR count). The fourth-order valence-corrected chi connectivity index (χ4v) is 6.48. The summed E-state index contributed by atoms with van der Waals surface area (Å²) in [4.78, 5) is 14.3. The number of nitriles is 1. The van der Waals surface area contributed by atoms with E-state index in [9.17, 15) is 13.2 Å². The Labute approximate surface area is 156 Å². The Hall–Kier alpha value is -2.21. The number of benzene rings is 1. The molecular weight excluding hydrogens is 370 g/mol. The molecule has 26 heavy (non-hydrogen) atoms. The lowest BCUT2D eigenvalue weighted by Crippen LogP contribution is -2.34. The second kappa shape index (κ2) is 6.20. The van der Waals surface area contributed by atoms with Gasteiger partial charge in [0.1, 0.15) is 4.21 Å². The standard InChI is InChI=1S/C18H17N3O3S2/c19-11-14-3-1-4-15(9-14)21-13-18(10-16(21)22)6-7-20(12-18)26(23,24)17-5-2-8-25-17/h1-5,8-9H,6-7,10,12-13H2. The van der Waals surface area contributed by atoms with Crippen LogP contribution in [0.5, 0.6) is 0 Å². The summed E-state index contributed by atoms with van der Waals surface area (Å²) in [6, 6.07) is 12.4. The molecule has 0 saturated carbocycles.